The smallest absolute Gasteiger partial charge is 0.243 e. The highest BCUT2D eigenvalue weighted by Gasteiger charge is 2.37. The summed E-state index contributed by atoms with van der Waals surface area (Å²) < 4.78 is 27.2. The second-order valence-electron chi connectivity index (χ2n) is 4.51. The van der Waals surface area contributed by atoms with Crippen LogP contribution in [-0.2, 0) is 14.8 Å². The Morgan fingerprint density at radius 1 is 1.50 bits per heavy atom. The minimum absolute atomic E-state index is 0.103. The first-order valence-corrected chi connectivity index (χ1v) is 8.45. The maximum absolute atomic E-state index is 12.6. The van der Waals surface area contributed by atoms with Crippen LogP contribution in [0.2, 0.25) is 0 Å². The number of rotatable bonds is 3. The van der Waals surface area contributed by atoms with Gasteiger partial charge in [0.15, 0.2) is 0 Å². The van der Waals surface area contributed by atoms with Crippen molar-refractivity contribution in [3.63, 3.8) is 0 Å². The molecule has 2 rings (SSSR count). The van der Waals surface area contributed by atoms with E-state index in [0.717, 1.165) is 0 Å². The van der Waals surface area contributed by atoms with Crippen LogP contribution in [0.5, 0.6) is 0 Å². The fourth-order valence-corrected chi connectivity index (χ4v) is 4.13. The predicted molar refractivity (Wildman–Crippen MR) is 79.5 cm³/mol. The Kier molecular flexibility index (Phi) is 4.36. The molecule has 8 heteroatoms. The highest BCUT2D eigenvalue weighted by atomic mass is 79.9. The normalized spacial score (nSPS) is 20.7. The van der Waals surface area contributed by atoms with Gasteiger partial charge < -0.3 is 11.1 Å². The number of sulfonamides is 1. The third-order valence-corrected chi connectivity index (χ3v) is 5.87. The summed E-state index contributed by atoms with van der Waals surface area (Å²) in [5.41, 5.74) is 6.08. The van der Waals surface area contributed by atoms with E-state index in [9.17, 15) is 13.2 Å². The highest BCUT2D eigenvalue weighted by Crippen LogP contribution is 2.26. The number of nitrogens with one attached hydrogen (secondary N) is 1. The monoisotopic (exact) mass is 361 g/mol. The van der Waals surface area contributed by atoms with E-state index in [1.807, 2.05) is 0 Å². The van der Waals surface area contributed by atoms with Crippen molar-refractivity contribution in [1.82, 2.24) is 9.62 Å². The van der Waals surface area contributed by atoms with Gasteiger partial charge in [0, 0.05) is 23.2 Å². The van der Waals surface area contributed by atoms with Gasteiger partial charge in [-0.2, -0.15) is 4.31 Å². The molecular formula is C12H16BrN3O3S. The van der Waals surface area contributed by atoms with E-state index in [0.29, 0.717) is 23.1 Å². The van der Waals surface area contributed by atoms with Crippen LogP contribution in [0, 0.1) is 0 Å². The van der Waals surface area contributed by atoms with Gasteiger partial charge in [-0.05, 0) is 40.5 Å². The Morgan fingerprint density at radius 2 is 2.20 bits per heavy atom. The summed E-state index contributed by atoms with van der Waals surface area (Å²) in [5, 5.41) is 2.68. The number of benzene rings is 1. The summed E-state index contributed by atoms with van der Waals surface area (Å²) in [7, 11) is -3.72. The number of halogens is 1. The van der Waals surface area contributed by atoms with E-state index in [2.05, 4.69) is 21.2 Å². The molecule has 20 heavy (non-hydrogen) atoms. The summed E-state index contributed by atoms with van der Waals surface area (Å²) in [4.78, 5) is 11.9. The van der Waals surface area contributed by atoms with Crippen LogP contribution >= 0.6 is 15.9 Å². The lowest BCUT2D eigenvalue weighted by atomic mass is 10.2. The molecule has 1 aromatic rings. The van der Waals surface area contributed by atoms with Gasteiger partial charge in [0.05, 0.1) is 4.90 Å². The molecule has 0 aliphatic carbocycles. The molecule has 1 amide bonds. The molecule has 1 saturated heterocycles. The Morgan fingerprint density at radius 3 is 2.80 bits per heavy atom. The minimum atomic E-state index is -3.72. The van der Waals surface area contributed by atoms with Crippen molar-refractivity contribution >= 4 is 37.5 Å². The average Bonchev–Trinajstić information content (AvgIpc) is 2.41. The zero-order chi connectivity index (χ0) is 14.9. The lowest BCUT2D eigenvalue weighted by Crippen LogP contribution is -2.56. The van der Waals surface area contributed by atoms with Gasteiger partial charge >= 0.3 is 0 Å². The Labute approximate surface area is 126 Å². The third kappa shape index (κ3) is 2.68. The molecule has 0 aromatic heterocycles. The van der Waals surface area contributed by atoms with Crippen LogP contribution < -0.4 is 11.1 Å². The number of hydrogen-bond acceptors (Lipinski definition) is 4. The first-order chi connectivity index (χ1) is 9.37. The van der Waals surface area contributed by atoms with E-state index in [-0.39, 0.29) is 17.3 Å². The number of nitrogens with two attached hydrogens (primary N) is 1. The van der Waals surface area contributed by atoms with Crippen molar-refractivity contribution in [2.24, 2.45) is 0 Å². The standard InChI is InChI=1S/C12H16BrN3O3S/c1-2-11-12(17)15-5-6-16(11)20(18,19)8-3-4-9(13)10(14)7-8/h3-4,7,11H,2,5-6,14H2,1H3,(H,15,17). The third-order valence-electron chi connectivity index (χ3n) is 3.24. The number of nitrogen functional groups attached to an aromatic ring is 1. The van der Waals surface area contributed by atoms with E-state index in [1.165, 1.54) is 16.4 Å². The molecular weight excluding hydrogens is 346 g/mol. The lowest BCUT2D eigenvalue weighted by molar-refractivity contribution is -0.126. The summed E-state index contributed by atoms with van der Waals surface area (Å²) in [6.45, 7) is 2.37. The molecule has 3 N–H and O–H groups in total. The summed E-state index contributed by atoms with van der Waals surface area (Å²) in [5.74, 6) is -0.257. The number of carbonyl (C=O) groups is 1. The first-order valence-electron chi connectivity index (χ1n) is 6.22. The van der Waals surface area contributed by atoms with E-state index in [4.69, 9.17) is 5.73 Å². The number of anilines is 1. The van der Waals surface area contributed by atoms with Crippen LogP contribution in [0.25, 0.3) is 0 Å². The lowest BCUT2D eigenvalue weighted by Gasteiger charge is -2.33. The summed E-state index contributed by atoms with van der Waals surface area (Å²) in [6, 6.07) is 3.81. The van der Waals surface area contributed by atoms with Crippen LogP contribution in [0.3, 0.4) is 0 Å². The van der Waals surface area contributed by atoms with Gasteiger partial charge in [0.1, 0.15) is 6.04 Å². The molecule has 1 aromatic carbocycles. The maximum atomic E-state index is 12.6. The number of piperazine rings is 1. The van der Waals surface area contributed by atoms with Crippen LogP contribution in [-0.4, -0.2) is 37.8 Å². The molecule has 1 aliphatic rings. The molecule has 1 aliphatic heterocycles. The van der Waals surface area contributed by atoms with Gasteiger partial charge in [-0.15, -0.1) is 0 Å². The highest BCUT2D eigenvalue weighted by molar-refractivity contribution is 9.10. The molecule has 1 fully saturated rings. The van der Waals surface area contributed by atoms with Crippen LogP contribution in [0.4, 0.5) is 5.69 Å². The zero-order valence-corrected chi connectivity index (χ0v) is 13.4. The van der Waals surface area contributed by atoms with Crippen molar-refractivity contribution in [3.8, 4) is 0 Å². The topological polar surface area (TPSA) is 92.5 Å². The van der Waals surface area contributed by atoms with Gasteiger partial charge in [0.2, 0.25) is 15.9 Å². The Bertz CT molecular complexity index is 633. The Balaban J connectivity index is 2.42. The molecule has 0 spiro atoms. The Hall–Kier alpha value is -1.12. The van der Waals surface area contributed by atoms with Crippen molar-refractivity contribution in [2.75, 3.05) is 18.8 Å². The van der Waals surface area contributed by atoms with Crippen LogP contribution in [0.1, 0.15) is 13.3 Å². The predicted octanol–water partition coefficient (Wildman–Crippen LogP) is 0.930. The van der Waals surface area contributed by atoms with Gasteiger partial charge in [-0.1, -0.05) is 6.92 Å². The zero-order valence-electron chi connectivity index (χ0n) is 11.0. The molecule has 1 heterocycles. The number of hydrogen-bond donors (Lipinski definition) is 2. The fraction of sp³-hybridized carbons (Fsp3) is 0.417. The van der Waals surface area contributed by atoms with Crippen molar-refractivity contribution in [3.05, 3.63) is 22.7 Å². The minimum Gasteiger partial charge on any atom is -0.398 e. The van der Waals surface area contributed by atoms with Crippen molar-refractivity contribution in [1.29, 1.82) is 0 Å². The summed E-state index contributed by atoms with van der Waals surface area (Å²) in [6.07, 6.45) is 0.428. The average molecular weight is 362 g/mol. The number of carbonyl (C=O) groups excluding carboxylic acids is 1. The second kappa shape index (κ2) is 5.71. The van der Waals surface area contributed by atoms with Crippen LogP contribution in [0.15, 0.2) is 27.6 Å². The SMILES string of the molecule is CCC1C(=O)NCCN1S(=O)(=O)c1ccc(Br)c(N)c1. The molecule has 0 saturated carbocycles. The molecule has 110 valence electrons. The molecule has 1 unspecified atom stereocenters. The van der Waals surface area contributed by atoms with E-state index in [1.54, 1.807) is 13.0 Å². The largest absolute Gasteiger partial charge is 0.398 e. The molecule has 6 nitrogen and oxygen atoms in total. The van der Waals surface area contributed by atoms with Gasteiger partial charge in [-0.25, -0.2) is 8.42 Å². The summed E-state index contributed by atoms with van der Waals surface area (Å²) >= 11 is 3.23. The van der Waals surface area contributed by atoms with E-state index >= 15 is 0 Å². The van der Waals surface area contributed by atoms with Crippen molar-refractivity contribution < 1.29 is 13.2 Å². The van der Waals surface area contributed by atoms with E-state index < -0.39 is 16.1 Å². The van der Waals surface area contributed by atoms with Gasteiger partial charge in [0.25, 0.3) is 0 Å². The first kappa shape index (κ1) is 15.3. The maximum Gasteiger partial charge on any atom is 0.243 e. The second-order valence-corrected chi connectivity index (χ2v) is 7.26. The number of nitrogens with zero attached hydrogens (tertiary/aromatic N) is 1. The molecule has 0 bridgehead atoms. The quantitative estimate of drug-likeness (QED) is 0.783. The molecule has 1 atom stereocenters. The van der Waals surface area contributed by atoms with Gasteiger partial charge in [-0.3, -0.25) is 4.79 Å². The van der Waals surface area contributed by atoms with Crippen molar-refractivity contribution in [2.45, 2.75) is 24.3 Å². The number of amides is 1. The molecule has 0 radical (unpaired) electrons. The fourth-order valence-electron chi connectivity index (χ4n) is 2.19.